The van der Waals surface area contributed by atoms with Crippen molar-refractivity contribution in [1.29, 1.82) is 0 Å². The van der Waals surface area contributed by atoms with Gasteiger partial charge in [0, 0.05) is 30.2 Å². The molecule has 1 aliphatic heterocycles. The van der Waals surface area contributed by atoms with Crippen molar-refractivity contribution in [3.8, 4) is 0 Å². The number of urea groups is 1. The first kappa shape index (κ1) is 18.6. The van der Waals surface area contributed by atoms with Crippen LogP contribution in [0.4, 0.5) is 25.0 Å². The summed E-state index contributed by atoms with van der Waals surface area (Å²) >= 11 is 0. The van der Waals surface area contributed by atoms with Crippen LogP contribution in [-0.4, -0.2) is 36.5 Å². The third-order valence-electron chi connectivity index (χ3n) is 4.56. The third-order valence-corrected chi connectivity index (χ3v) is 4.56. The summed E-state index contributed by atoms with van der Waals surface area (Å²) in [7, 11) is 0. The van der Waals surface area contributed by atoms with Gasteiger partial charge in [-0.1, -0.05) is 18.2 Å². The minimum absolute atomic E-state index is 0.0298. The van der Waals surface area contributed by atoms with E-state index in [2.05, 4.69) is 5.32 Å². The number of halogens is 2. The molecule has 0 atom stereocenters. The SMILES string of the molecule is O=C(CN1CCN(c2ccc(F)c(F)c2)C1=O)Nc1cc2ccccc2oc1=O. The Morgan fingerprint density at radius 3 is 2.62 bits per heavy atom. The molecule has 4 rings (SSSR count). The van der Waals surface area contributed by atoms with E-state index in [1.807, 2.05) is 0 Å². The summed E-state index contributed by atoms with van der Waals surface area (Å²) in [6.07, 6.45) is 0. The van der Waals surface area contributed by atoms with E-state index < -0.39 is 29.2 Å². The minimum Gasteiger partial charge on any atom is -0.421 e. The molecule has 2 heterocycles. The van der Waals surface area contributed by atoms with Crippen LogP contribution in [0.5, 0.6) is 0 Å². The maximum absolute atomic E-state index is 13.4. The Labute approximate surface area is 163 Å². The number of nitrogens with one attached hydrogen (secondary N) is 1. The van der Waals surface area contributed by atoms with E-state index in [-0.39, 0.29) is 31.0 Å². The number of hydrogen-bond acceptors (Lipinski definition) is 4. The van der Waals surface area contributed by atoms with E-state index >= 15 is 0 Å². The summed E-state index contributed by atoms with van der Waals surface area (Å²) in [6.45, 7) is 0.137. The molecule has 0 bridgehead atoms. The molecule has 1 N–H and O–H groups in total. The summed E-state index contributed by atoms with van der Waals surface area (Å²) in [5.41, 5.74) is -0.134. The van der Waals surface area contributed by atoms with Gasteiger partial charge in [-0.3, -0.25) is 9.69 Å². The first-order valence-corrected chi connectivity index (χ1v) is 8.76. The van der Waals surface area contributed by atoms with Crippen molar-refractivity contribution in [1.82, 2.24) is 4.90 Å². The van der Waals surface area contributed by atoms with Gasteiger partial charge in [0.15, 0.2) is 11.6 Å². The van der Waals surface area contributed by atoms with Crippen LogP contribution in [0.3, 0.4) is 0 Å². The first-order valence-electron chi connectivity index (χ1n) is 8.76. The predicted molar refractivity (Wildman–Crippen MR) is 102 cm³/mol. The lowest BCUT2D eigenvalue weighted by atomic mass is 10.2. The highest BCUT2D eigenvalue weighted by atomic mass is 19.2. The average Bonchev–Trinajstić information content (AvgIpc) is 3.05. The number of rotatable bonds is 4. The van der Waals surface area contributed by atoms with Gasteiger partial charge in [0.1, 0.15) is 17.8 Å². The van der Waals surface area contributed by atoms with Gasteiger partial charge in [-0.2, -0.15) is 0 Å². The molecule has 9 heteroatoms. The van der Waals surface area contributed by atoms with Crippen LogP contribution in [-0.2, 0) is 4.79 Å². The van der Waals surface area contributed by atoms with Crippen molar-refractivity contribution in [2.45, 2.75) is 0 Å². The average molecular weight is 399 g/mol. The van der Waals surface area contributed by atoms with Crippen LogP contribution in [0.2, 0.25) is 0 Å². The fourth-order valence-corrected chi connectivity index (χ4v) is 3.13. The summed E-state index contributed by atoms with van der Waals surface area (Å²) in [5.74, 6) is -2.64. The zero-order chi connectivity index (χ0) is 20.5. The molecule has 1 aliphatic rings. The molecule has 29 heavy (non-hydrogen) atoms. The summed E-state index contributed by atoms with van der Waals surface area (Å²) < 4.78 is 31.7. The number of amides is 3. The van der Waals surface area contributed by atoms with Crippen molar-refractivity contribution in [2.75, 3.05) is 29.9 Å². The second-order valence-corrected chi connectivity index (χ2v) is 6.49. The van der Waals surface area contributed by atoms with E-state index in [4.69, 9.17) is 4.42 Å². The van der Waals surface area contributed by atoms with Crippen molar-refractivity contribution < 1.29 is 22.8 Å². The number of carbonyl (C=O) groups excluding carboxylic acids is 2. The monoisotopic (exact) mass is 399 g/mol. The number of hydrogen-bond donors (Lipinski definition) is 1. The third kappa shape index (κ3) is 3.66. The molecule has 148 valence electrons. The Hall–Kier alpha value is -3.75. The largest absolute Gasteiger partial charge is 0.421 e. The molecular weight excluding hydrogens is 384 g/mol. The van der Waals surface area contributed by atoms with E-state index in [9.17, 15) is 23.2 Å². The van der Waals surface area contributed by atoms with E-state index in [0.29, 0.717) is 11.0 Å². The lowest BCUT2D eigenvalue weighted by Crippen LogP contribution is -2.37. The molecule has 0 spiro atoms. The molecule has 7 nitrogen and oxygen atoms in total. The number of benzene rings is 2. The van der Waals surface area contributed by atoms with Gasteiger partial charge in [-0.15, -0.1) is 0 Å². The molecule has 1 fully saturated rings. The van der Waals surface area contributed by atoms with Gasteiger partial charge < -0.3 is 14.6 Å². The number of anilines is 2. The van der Waals surface area contributed by atoms with E-state index in [0.717, 1.165) is 12.1 Å². The first-order chi connectivity index (χ1) is 13.9. The Balaban J connectivity index is 1.45. The Bertz CT molecular complexity index is 1180. The van der Waals surface area contributed by atoms with Crippen molar-refractivity contribution >= 4 is 34.3 Å². The van der Waals surface area contributed by atoms with Gasteiger partial charge in [0.2, 0.25) is 5.91 Å². The van der Waals surface area contributed by atoms with Crippen LogP contribution in [0.25, 0.3) is 11.0 Å². The fourth-order valence-electron chi connectivity index (χ4n) is 3.13. The Morgan fingerprint density at radius 1 is 1.03 bits per heavy atom. The molecule has 0 radical (unpaired) electrons. The normalized spacial score (nSPS) is 13.9. The summed E-state index contributed by atoms with van der Waals surface area (Å²) in [6, 6.07) is 11.0. The summed E-state index contributed by atoms with van der Waals surface area (Å²) in [5, 5.41) is 3.10. The second kappa shape index (κ2) is 7.34. The number of carbonyl (C=O) groups is 2. The molecule has 0 saturated carbocycles. The quantitative estimate of drug-likeness (QED) is 0.684. The van der Waals surface area contributed by atoms with Crippen LogP contribution >= 0.6 is 0 Å². The molecular formula is C20H15F2N3O4. The smallest absolute Gasteiger partial charge is 0.360 e. The number of nitrogens with zero attached hydrogens (tertiary/aromatic N) is 2. The van der Waals surface area contributed by atoms with Gasteiger partial charge in [0.05, 0.1) is 0 Å². The molecule has 2 aromatic carbocycles. The van der Waals surface area contributed by atoms with Gasteiger partial charge in [0.25, 0.3) is 0 Å². The van der Waals surface area contributed by atoms with Gasteiger partial charge in [-0.25, -0.2) is 18.4 Å². The maximum Gasteiger partial charge on any atom is 0.360 e. The highest BCUT2D eigenvalue weighted by molar-refractivity contribution is 5.99. The minimum atomic E-state index is -1.06. The van der Waals surface area contributed by atoms with Crippen LogP contribution < -0.4 is 15.8 Å². The standard InChI is InChI=1S/C20H15F2N3O4/c21-14-6-5-13(10-15(14)22)25-8-7-24(20(25)28)11-18(26)23-16-9-12-3-1-2-4-17(12)29-19(16)27/h1-6,9-10H,7-8,11H2,(H,23,26). The van der Waals surface area contributed by atoms with E-state index in [1.165, 1.54) is 21.9 Å². The predicted octanol–water partition coefficient (Wildman–Crippen LogP) is 2.95. The molecule has 0 unspecified atom stereocenters. The second-order valence-electron chi connectivity index (χ2n) is 6.49. The highest BCUT2D eigenvalue weighted by Crippen LogP contribution is 2.22. The van der Waals surface area contributed by atoms with Gasteiger partial charge in [-0.05, 0) is 24.3 Å². The highest BCUT2D eigenvalue weighted by Gasteiger charge is 2.31. The molecule has 3 aromatic rings. The topological polar surface area (TPSA) is 82.9 Å². The maximum atomic E-state index is 13.4. The van der Waals surface area contributed by atoms with Gasteiger partial charge >= 0.3 is 11.7 Å². The lowest BCUT2D eigenvalue weighted by molar-refractivity contribution is -0.116. The molecule has 3 amide bonds. The Kier molecular flexibility index (Phi) is 4.71. The van der Waals surface area contributed by atoms with Crippen LogP contribution in [0, 0.1) is 11.6 Å². The molecule has 1 saturated heterocycles. The zero-order valence-corrected chi connectivity index (χ0v) is 15.0. The number of para-hydroxylation sites is 1. The van der Waals surface area contributed by atoms with Crippen LogP contribution in [0.1, 0.15) is 0 Å². The van der Waals surface area contributed by atoms with Crippen LogP contribution in [0.15, 0.2) is 57.7 Å². The van der Waals surface area contributed by atoms with Crippen molar-refractivity contribution in [2.24, 2.45) is 0 Å². The van der Waals surface area contributed by atoms with Crippen molar-refractivity contribution in [3.05, 3.63) is 70.6 Å². The summed E-state index contributed by atoms with van der Waals surface area (Å²) in [4.78, 5) is 39.4. The fraction of sp³-hybridized carbons (Fsp3) is 0.150. The Morgan fingerprint density at radius 2 is 1.83 bits per heavy atom. The lowest BCUT2D eigenvalue weighted by Gasteiger charge is -2.18. The van der Waals surface area contributed by atoms with E-state index in [1.54, 1.807) is 24.3 Å². The molecule has 0 aliphatic carbocycles. The number of fused-ring (bicyclic) bond motifs is 1. The zero-order valence-electron chi connectivity index (χ0n) is 15.0. The molecule has 1 aromatic heterocycles. The van der Waals surface area contributed by atoms with Crippen molar-refractivity contribution in [3.63, 3.8) is 0 Å².